The molecule has 1 rings (SSSR count). The van der Waals surface area contributed by atoms with Gasteiger partial charge in [-0.15, -0.1) is 0 Å². The Morgan fingerprint density at radius 1 is 1.44 bits per heavy atom. The predicted molar refractivity (Wildman–Crippen MR) is 63.8 cm³/mol. The maximum atomic E-state index is 15.0. The minimum atomic E-state index is -1.53. The van der Waals surface area contributed by atoms with Crippen LogP contribution in [0.3, 0.4) is 0 Å². The summed E-state index contributed by atoms with van der Waals surface area (Å²) < 4.78 is 16.7. The van der Waals surface area contributed by atoms with Gasteiger partial charge >= 0.3 is 0 Å². The summed E-state index contributed by atoms with van der Waals surface area (Å²) >= 11 is 0. The molecule has 0 fully saturated rings. The van der Waals surface area contributed by atoms with Crippen LogP contribution in [0, 0.1) is 5.41 Å². The minimum absolute atomic E-state index is 0.0219. The summed E-state index contributed by atoms with van der Waals surface area (Å²) in [5.41, 5.74) is 4.16. The molecule has 0 aliphatic rings. The van der Waals surface area contributed by atoms with E-state index >= 15 is 0 Å². The van der Waals surface area contributed by atoms with Crippen molar-refractivity contribution in [3.05, 3.63) is 18.0 Å². The van der Waals surface area contributed by atoms with Crippen LogP contribution in [0.15, 0.2) is 12.3 Å². The number of alkyl halides is 1. The lowest BCUT2D eigenvalue weighted by Crippen LogP contribution is -2.44. The van der Waals surface area contributed by atoms with Gasteiger partial charge in [-0.05, 0) is 12.5 Å². The number of rotatable bonds is 4. The van der Waals surface area contributed by atoms with E-state index < -0.39 is 11.1 Å². The SMILES string of the molecule is CCCn1nccc1C(F)(CN)C(C)(C)C. The Kier molecular flexibility index (Phi) is 3.73. The van der Waals surface area contributed by atoms with E-state index in [0.29, 0.717) is 5.69 Å². The number of hydrogen-bond acceptors (Lipinski definition) is 2. The Labute approximate surface area is 96.8 Å². The molecule has 0 spiro atoms. The third-order valence-electron chi connectivity index (χ3n) is 3.03. The molecule has 3 nitrogen and oxygen atoms in total. The van der Waals surface area contributed by atoms with E-state index in [1.807, 2.05) is 27.7 Å². The van der Waals surface area contributed by atoms with Gasteiger partial charge in [0.1, 0.15) is 0 Å². The molecule has 0 bridgehead atoms. The van der Waals surface area contributed by atoms with Crippen LogP contribution in [0.25, 0.3) is 0 Å². The molecule has 0 aliphatic heterocycles. The van der Waals surface area contributed by atoms with Crippen LogP contribution >= 0.6 is 0 Å². The quantitative estimate of drug-likeness (QED) is 0.858. The summed E-state index contributed by atoms with van der Waals surface area (Å²) in [7, 11) is 0. The number of hydrogen-bond donors (Lipinski definition) is 1. The highest BCUT2D eigenvalue weighted by Gasteiger charge is 2.45. The monoisotopic (exact) mass is 227 g/mol. The summed E-state index contributed by atoms with van der Waals surface area (Å²) in [6.07, 6.45) is 2.57. The second-order valence-electron chi connectivity index (χ2n) is 5.19. The highest BCUT2D eigenvalue weighted by atomic mass is 19.1. The van der Waals surface area contributed by atoms with Crippen LogP contribution in [0.1, 0.15) is 39.8 Å². The first kappa shape index (κ1) is 13.2. The Bertz CT molecular complexity index is 340. The molecule has 1 atom stereocenters. The minimum Gasteiger partial charge on any atom is -0.327 e. The molecule has 0 saturated heterocycles. The molecule has 4 heteroatoms. The molecule has 16 heavy (non-hydrogen) atoms. The van der Waals surface area contributed by atoms with Gasteiger partial charge in [-0.2, -0.15) is 5.10 Å². The molecular weight excluding hydrogens is 205 g/mol. The standard InChI is InChI=1S/C12H22FN3/c1-5-8-16-10(6-7-15-16)12(13,9-14)11(2,3)4/h6-7H,5,8-9,14H2,1-4H3. The first-order chi connectivity index (χ1) is 7.36. The smallest absolute Gasteiger partial charge is 0.169 e. The van der Waals surface area contributed by atoms with Gasteiger partial charge in [-0.1, -0.05) is 27.7 Å². The zero-order valence-corrected chi connectivity index (χ0v) is 10.6. The second-order valence-corrected chi connectivity index (χ2v) is 5.19. The third kappa shape index (κ3) is 2.12. The van der Waals surface area contributed by atoms with Gasteiger partial charge in [0.15, 0.2) is 5.67 Å². The van der Waals surface area contributed by atoms with Crippen molar-refractivity contribution in [2.45, 2.75) is 46.3 Å². The lowest BCUT2D eigenvalue weighted by Gasteiger charge is -2.37. The molecule has 0 radical (unpaired) electrons. The second kappa shape index (κ2) is 4.53. The van der Waals surface area contributed by atoms with Gasteiger partial charge < -0.3 is 5.73 Å². The topological polar surface area (TPSA) is 43.8 Å². The Hall–Kier alpha value is -0.900. The highest BCUT2D eigenvalue weighted by Crippen LogP contribution is 2.42. The third-order valence-corrected chi connectivity index (χ3v) is 3.03. The van der Waals surface area contributed by atoms with Crippen molar-refractivity contribution in [3.63, 3.8) is 0 Å². The molecule has 0 aromatic carbocycles. The van der Waals surface area contributed by atoms with Crippen LogP contribution in [-0.4, -0.2) is 16.3 Å². The zero-order valence-electron chi connectivity index (χ0n) is 10.6. The number of nitrogens with two attached hydrogens (primary N) is 1. The molecule has 1 unspecified atom stereocenters. The fourth-order valence-corrected chi connectivity index (χ4v) is 1.85. The maximum absolute atomic E-state index is 15.0. The van der Waals surface area contributed by atoms with Crippen LogP contribution in [0.5, 0.6) is 0 Å². The van der Waals surface area contributed by atoms with Crippen molar-refractivity contribution >= 4 is 0 Å². The summed E-state index contributed by atoms with van der Waals surface area (Å²) in [5.74, 6) is 0. The summed E-state index contributed by atoms with van der Waals surface area (Å²) in [5, 5.41) is 4.15. The van der Waals surface area contributed by atoms with Crippen molar-refractivity contribution in [3.8, 4) is 0 Å². The van der Waals surface area contributed by atoms with Crippen molar-refractivity contribution < 1.29 is 4.39 Å². The average Bonchev–Trinajstić information content (AvgIpc) is 2.64. The van der Waals surface area contributed by atoms with E-state index in [1.165, 1.54) is 0 Å². The van der Waals surface area contributed by atoms with Gasteiger partial charge in [-0.25, -0.2) is 4.39 Å². The van der Waals surface area contributed by atoms with Crippen molar-refractivity contribution in [1.29, 1.82) is 0 Å². The van der Waals surface area contributed by atoms with Crippen molar-refractivity contribution in [2.75, 3.05) is 6.54 Å². The van der Waals surface area contributed by atoms with E-state index in [2.05, 4.69) is 5.10 Å². The summed E-state index contributed by atoms with van der Waals surface area (Å²) in [6.45, 7) is 8.34. The van der Waals surface area contributed by atoms with Gasteiger partial charge in [0, 0.05) is 24.7 Å². The average molecular weight is 227 g/mol. The summed E-state index contributed by atoms with van der Waals surface area (Å²) in [6, 6.07) is 1.73. The van der Waals surface area contributed by atoms with E-state index in [0.717, 1.165) is 13.0 Å². The first-order valence-corrected chi connectivity index (χ1v) is 5.78. The molecule has 0 aliphatic carbocycles. The van der Waals surface area contributed by atoms with Crippen molar-refractivity contribution in [1.82, 2.24) is 9.78 Å². The molecule has 2 N–H and O–H groups in total. The molecule has 1 aromatic heterocycles. The molecule has 92 valence electrons. The van der Waals surface area contributed by atoms with Gasteiger partial charge in [0.05, 0.1) is 5.69 Å². The molecule has 1 heterocycles. The molecule has 0 saturated carbocycles. The van der Waals surface area contributed by atoms with Gasteiger partial charge in [0.2, 0.25) is 0 Å². The first-order valence-electron chi connectivity index (χ1n) is 5.78. The van der Waals surface area contributed by atoms with Crippen LogP contribution < -0.4 is 5.73 Å². The number of halogens is 1. The molecule has 0 amide bonds. The van der Waals surface area contributed by atoms with Crippen LogP contribution in [0.4, 0.5) is 4.39 Å². The normalized spacial score (nSPS) is 16.1. The molecule has 1 aromatic rings. The number of aryl methyl sites for hydroxylation is 1. The Morgan fingerprint density at radius 3 is 2.50 bits per heavy atom. The van der Waals surface area contributed by atoms with E-state index in [9.17, 15) is 4.39 Å². The van der Waals surface area contributed by atoms with Crippen molar-refractivity contribution in [2.24, 2.45) is 11.1 Å². The Balaban J connectivity index is 3.18. The lowest BCUT2D eigenvalue weighted by molar-refractivity contribution is 0.0251. The molecular formula is C12H22FN3. The fraction of sp³-hybridized carbons (Fsp3) is 0.750. The van der Waals surface area contributed by atoms with Crippen LogP contribution in [-0.2, 0) is 12.2 Å². The fourth-order valence-electron chi connectivity index (χ4n) is 1.85. The number of aromatic nitrogens is 2. The largest absolute Gasteiger partial charge is 0.327 e. The van der Waals surface area contributed by atoms with E-state index in [4.69, 9.17) is 5.73 Å². The van der Waals surface area contributed by atoms with E-state index in [-0.39, 0.29) is 6.54 Å². The Morgan fingerprint density at radius 2 is 2.06 bits per heavy atom. The lowest BCUT2D eigenvalue weighted by atomic mass is 9.76. The predicted octanol–water partition coefficient (Wildman–Crippen LogP) is 2.46. The maximum Gasteiger partial charge on any atom is 0.169 e. The zero-order chi connectivity index (χ0) is 12.4. The van der Waals surface area contributed by atoms with Gasteiger partial charge in [0.25, 0.3) is 0 Å². The number of nitrogens with zero attached hydrogens (tertiary/aromatic N) is 2. The summed E-state index contributed by atoms with van der Waals surface area (Å²) in [4.78, 5) is 0. The van der Waals surface area contributed by atoms with Crippen LogP contribution in [0.2, 0.25) is 0 Å². The van der Waals surface area contributed by atoms with E-state index in [1.54, 1.807) is 16.9 Å². The highest BCUT2D eigenvalue weighted by molar-refractivity contribution is 5.16. The van der Waals surface area contributed by atoms with Gasteiger partial charge in [-0.3, -0.25) is 4.68 Å².